The van der Waals surface area contributed by atoms with Crippen molar-refractivity contribution in [2.45, 2.75) is 16.2 Å². The number of para-hydroxylation sites is 2. The zero-order valence-electron chi connectivity index (χ0n) is 40.8. The number of nitrogens with one attached hydrogen (secondary N) is 11. The summed E-state index contributed by atoms with van der Waals surface area (Å²) in [5.74, 6) is 2.37. The fourth-order valence-electron chi connectivity index (χ4n) is 6.66. The van der Waals surface area contributed by atoms with Crippen molar-refractivity contribution in [3.63, 3.8) is 0 Å². The first-order valence-corrected chi connectivity index (χ1v) is 25.1. The quantitative estimate of drug-likeness (QED) is 0.0130. The number of thiol groups is 2. The molecular formula is C50H69N17O3S2. The number of aliphatic hydroxyl groups is 1. The Hall–Kier alpha value is -6.18. The number of nitrogens with zero attached hydrogens (tertiary/aromatic N) is 6. The van der Waals surface area contributed by atoms with Crippen LogP contribution in [0.5, 0.6) is 0 Å². The van der Waals surface area contributed by atoms with Crippen molar-refractivity contribution >= 4 is 95.8 Å². The predicted molar refractivity (Wildman–Crippen MR) is 298 cm³/mol. The highest BCUT2D eigenvalue weighted by molar-refractivity contribution is 7.80. The van der Waals surface area contributed by atoms with E-state index >= 15 is 0 Å². The summed E-state index contributed by atoms with van der Waals surface area (Å²) in [4.78, 5) is 29.3. The fourth-order valence-corrected chi connectivity index (χ4v) is 7.24. The van der Waals surface area contributed by atoms with Gasteiger partial charge in [0.05, 0.1) is 26.4 Å². The van der Waals surface area contributed by atoms with E-state index in [0.29, 0.717) is 75.2 Å². The summed E-state index contributed by atoms with van der Waals surface area (Å²) < 4.78 is 10.9. The Morgan fingerprint density at radius 1 is 0.431 bits per heavy atom. The highest BCUT2D eigenvalue weighted by Crippen LogP contribution is 2.28. The number of benzene rings is 4. The van der Waals surface area contributed by atoms with Gasteiger partial charge in [-0.15, -0.1) is 25.3 Å². The molecule has 0 fully saturated rings. The molecule has 72 heavy (non-hydrogen) atoms. The summed E-state index contributed by atoms with van der Waals surface area (Å²) in [6, 6.07) is 31.2. The molecule has 0 spiro atoms. The van der Waals surface area contributed by atoms with Crippen LogP contribution in [-0.4, -0.2) is 147 Å². The summed E-state index contributed by atoms with van der Waals surface area (Å²) in [6.45, 7) is 11.1. The summed E-state index contributed by atoms with van der Waals surface area (Å²) in [5.41, 5.74) is 5.04. The zero-order chi connectivity index (χ0) is 50.3. The van der Waals surface area contributed by atoms with Gasteiger partial charge in [0.25, 0.3) is 0 Å². The molecule has 20 nitrogen and oxygen atoms in total. The molecule has 0 bridgehead atoms. The number of anilines is 10. The lowest BCUT2D eigenvalue weighted by Crippen LogP contribution is -2.36. The average Bonchev–Trinajstić information content (AvgIpc) is 3.38. The smallest absolute Gasteiger partial charge is 0.233 e. The van der Waals surface area contributed by atoms with Gasteiger partial charge in [0.1, 0.15) is 0 Å². The first kappa shape index (κ1) is 55.1. The van der Waals surface area contributed by atoms with Gasteiger partial charge in [-0.3, -0.25) is 0 Å². The molecule has 0 amide bonds. The number of hydrogen-bond donors (Lipinski definition) is 14. The van der Waals surface area contributed by atoms with Crippen LogP contribution in [0.1, 0.15) is 17.5 Å². The zero-order valence-corrected chi connectivity index (χ0v) is 42.5. The average molecular weight is 1020 g/mol. The topological polar surface area (TPSA) is 248 Å². The van der Waals surface area contributed by atoms with Crippen LogP contribution in [0.15, 0.2) is 107 Å². The molecule has 6 rings (SSSR count). The standard InChI is InChI=1S/C50H69N17O3S2/c1-51-20-21-52-22-23-53-24-25-54-26-27-55-28-29-57-46-64-48(59-40-11-6-3-7-12-40)67-50(65-46)61-42-18-16-38(44(72)36-42)14-13-37-15-17-41(35-43(37)71)60-49-63-45(56-19-8-31-69-33-34-70-32-30-68)62-47(66-49)58-39-9-4-2-5-10-39/h2-7,9-18,35-36,51-55,68,71-72H,8,19-34H2,1H3,(H3,56,58,60,62,63,66)(H3,57,59,61,64,65,67)/b14-13+. The Bertz CT molecular complexity index is 2500. The van der Waals surface area contributed by atoms with Crippen LogP contribution in [-0.2, 0) is 9.47 Å². The number of ether oxygens (including phenoxy) is 2. The van der Waals surface area contributed by atoms with Crippen LogP contribution in [0.3, 0.4) is 0 Å². The Morgan fingerprint density at radius 2 is 0.819 bits per heavy atom. The van der Waals surface area contributed by atoms with Crippen molar-refractivity contribution in [3.05, 3.63) is 108 Å². The van der Waals surface area contributed by atoms with E-state index in [1.54, 1.807) is 0 Å². The molecule has 0 atom stereocenters. The van der Waals surface area contributed by atoms with E-state index in [1.807, 2.05) is 116 Å². The lowest BCUT2D eigenvalue weighted by atomic mass is 10.1. The number of likely N-dealkylation sites (N-methyl/N-ethyl adjacent to an activating group) is 1. The van der Waals surface area contributed by atoms with Crippen LogP contribution in [0.4, 0.5) is 58.4 Å². The third-order valence-corrected chi connectivity index (χ3v) is 11.0. The van der Waals surface area contributed by atoms with E-state index in [4.69, 9.17) is 39.8 Å². The lowest BCUT2D eigenvalue weighted by molar-refractivity contribution is 0.0331. The monoisotopic (exact) mass is 1020 g/mol. The van der Waals surface area contributed by atoms with Crippen LogP contribution < -0.4 is 58.5 Å². The van der Waals surface area contributed by atoms with E-state index in [9.17, 15) is 0 Å². The summed E-state index contributed by atoms with van der Waals surface area (Å²) in [6.07, 6.45) is 4.72. The number of hydrogen-bond acceptors (Lipinski definition) is 22. The SMILES string of the molecule is CNCCNCCNCCNCCNCCNc1nc(Nc2ccccc2)nc(Nc2ccc(/C=C/c3ccc(Nc4nc(NCCCOCCOCCO)nc(Nc5ccccc5)n4)cc3S)c(S)c2)n1. The predicted octanol–water partition coefficient (Wildman–Crippen LogP) is 5.60. The van der Waals surface area contributed by atoms with Crippen LogP contribution >= 0.6 is 25.3 Å². The van der Waals surface area contributed by atoms with Gasteiger partial charge < -0.3 is 73.1 Å². The molecule has 22 heteroatoms. The minimum Gasteiger partial charge on any atom is -0.394 e. The molecule has 0 radical (unpaired) electrons. The third-order valence-electron chi connectivity index (χ3n) is 10.3. The van der Waals surface area contributed by atoms with Gasteiger partial charge in [0, 0.05) is 111 Å². The number of aliphatic hydroxyl groups excluding tert-OH is 1. The second-order valence-electron chi connectivity index (χ2n) is 16.0. The fraction of sp³-hybridized carbons (Fsp3) is 0.360. The van der Waals surface area contributed by atoms with Gasteiger partial charge >= 0.3 is 0 Å². The van der Waals surface area contributed by atoms with Gasteiger partial charge in [-0.2, -0.15) is 29.9 Å². The Kier molecular flexibility index (Phi) is 25.1. The van der Waals surface area contributed by atoms with Gasteiger partial charge in [-0.25, -0.2) is 0 Å². The number of rotatable bonds is 36. The van der Waals surface area contributed by atoms with Crippen LogP contribution in [0.25, 0.3) is 12.2 Å². The molecule has 0 saturated heterocycles. The van der Waals surface area contributed by atoms with Crippen molar-refractivity contribution < 1.29 is 14.6 Å². The van der Waals surface area contributed by atoms with Crippen molar-refractivity contribution in [3.8, 4) is 0 Å². The maximum absolute atomic E-state index is 8.84. The molecule has 12 N–H and O–H groups in total. The van der Waals surface area contributed by atoms with Crippen LogP contribution in [0.2, 0.25) is 0 Å². The normalized spacial score (nSPS) is 11.2. The molecular weight excluding hydrogens is 951 g/mol. The van der Waals surface area contributed by atoms with Gasteiger partial charge in [0.2, 0.25) is 35.7 Å². The van der Waals surface area contributed by atoms with E-state index < -0.39 is 0 Å². The molecule has 6 aromatic rings. The number of aromatic nitrogens is 6. The molecule has 4 aromatic carbocycles. The van der Waals surface area contributed by atoms with Gasteiger partial charge in [-0.05, 0) is 73.1 Å². The highest BCUT2D eigenvalue weighted by Gasteiger charge is 2.11. The van der Waals surface area contributed by atoms with Crippen molar-refractivity contribution in [2.24, 2.45) is 0 Å². The molecule has 0 saturated carbocycles. The summed E-state index contributed by atoms with van der Waals surface area (Å²) >= 11 is 9.66. The maximum Gasteiger partial charge on any atom is 0.233 e. The first-order chi connectivity index (χ1) is 35.4. The second kappa shape index (κ2) is 32.7. The summed E-state index contributed by atoms with van der Waals surface area (Å²) in [5, 5.41) is 45.5. The molecule has 2 aromatic heterocycles. The maximum atomic E-state index is 8.84. The van der Waals surface area contributed by atoms with Crippen molar-refractivity contribution in [2.75, 3.05) is 144 Å². The Morgan fingerprint density at radius 3 is 1.25 bits per heavy atom. The van der Waals surface area contributed by atoms with E-state index in [2.05, 4.69) is 88.4 Å². The lowest BCUT2D eigenvalue weighted by Gasteiger charge is -2.13. The minimum absolute atomic E-state index is 0.00413. The summed E-state index contributed by atoms with van der Waals surface area (Å²) in [7, 11) is 1.96. The molecule has 0 aliphatic carbocycles. The first-order valence-electron chi connectivity index (χ1n) is 24.2. The third kappa shape index (κ3) is 21.3. The Labute approximate surface area is 433 Å². The van der Waals surface area contributed by atoms with E-state index in [-0.39, 0.29) is 6.61 Å². The Balaban J connectivity index is 1.01. The van der Waals surface area contributed by atoms with E-state index in [0.717, 1.165) is 109 Å². The molecule has 0 aliphatic heterocycles. The molecule has 0 unspecified atom stereocenters. The van der Waals surface area contributed by atoms with Crippen molar-refractivity contribution in [1.82, 2.24) is 56.5 Å². The van der Waals surface area contributed by atoms with Crippen LogP contribution in [0, 0.1) is 0 Å². The highest BCUT2D eigenvalue weighted by atomic mass is 32.1. The minimum atomic E-state index is -0.00413. The molecule has 2 heterocycles. The second-order valence-corrected chi connectivity index (χ2v) is 16.9. The van der Waals surface area contributed by atoms with E-state index in [1.165, 1.54) is 0 Å². The molecule has 0 aliphatic rings. The van der Waals surface area contributed by atoms with Gasteiger partial charge in [-0.1, -0.05) is 60.7 Å². The molecule has 384 valence electrons. The largest absolute Gasteiger partial charge is 0.394 e. The van der Waals surface area contributed by atoms with Gasteiger partial charge in [0.15, 0.2) is 0 Å². The van der Waals surface area contributed by atoms with Crippen molar-refractivity contribution in [1.29, 1.82) is 0 Å².